The zero-order valence-corrected chi connectivity index (χ0v) is 12.2. The Bertz CT molecular complexity index is 611. The van der Waals surface area contributed by atoms with Crippen LogP contribution in [0, 0.1) is 0 Å². The van der Waals surface area contributed by atoms with Crippen LogP contribution < -0.4 is 10.6 Å². The van der Waals surface area contributed by atoms with Crippen LogP contribution >= 0.6 is 0 Å². The quantitative estimate of drug-likeness (QED) is 0.895. The molecule has 1 aliphatic rings. The Hall–Kier alpha value is -1.82. The summed E-state index contributed by atoms with van der Waals surface area (Å²) in [4.78, 5) is 9.03. The maximum atomic E-state index is 5.68. The lowest BCUT2D eigenvalue weighted by Crippen LogP contribution is -2.41. The number of ether oxygens (including phenoxy) is 1. The molecule has 20 heavy (non-hydrogen) atoms. The van der Waals surface area contributed by atoms with E-state index in [9.17, 15) is 0 Å². The van der Waals surface area contributed by atoms with E-state index >= 15 is 0 Å². The highest BCUT2D eigenvalue weighted by atomic mass is 16.5. The molecule has 2 unspecified atom stereocenters. The van der Waals surface area contributed by atoms with Crippen molar-refractivity contribution in [2.24, 2.45) is 0 Å². The minimum atomic E-state index is -0.107. The Morgan fingerprint density at radius 1 is 1.55 bits per heavy atom. The van der Waals surface area contributed by atoms with Crippen molar-refractivity contribution >= 4 is 17.3 Å². The summed E-state index contributed by atoms with van der Waals surface area (Å²) in [6, 6.07) is 0. The van der Waals surface area contributed by atoms with E-state index in [1.807, 2.05) is 16.8 Å². The molecule has 2 aromatic rings. The van der Waals surface area contributed by atoms with Crippen LogP contribution in [0.15, 0.2) is 18.6 Å². The molecule has 0 aromatic carbocycles. The molecule has 1 aliphatic heterocycles. The number of nitrogens with zero attached hydrogens (tertiary/aromatic N) is 3. The smallest absolute Gasteiger partial charge is 0.180 e. The van der Waals surface area contributed by atoms with Gasteiger partial charge in [0.05, 0.1) is 17.8 Å². The van der Waals surface area contributed by atoms with Gasteiger partial charge in [-0.1, -0.05) is 0 Å². The maximum absolute atomic E-state index is 5.68. The molecule has 6 nitrogen and oxygen atoms in total. The highest BCUT2D eigenvalue weighted by molar-refractivity contribution is 5.66. The fourth-order valence-corrected chi connectivity index (χ4v) is 2.55. The summed E-state index contributed by atoms with van der Waals surface area (Å²) in [5.74, 6) is 1.64. The zero-order chi connectivity index (χ0) is 14.2. The van der Waals surface area contributed by atoms with E-state index in [1.165, 1.54) is 0 Å². The SMILES string of the molecule is CCNc1cn2ccnc2c(NC2(C)CCOC2C)n1. The van der Waals surface area contributed by atoms with Gasteiger partial charge in [0.2, 0.25) is 0 Å². The molecule has 2 aromatic heterocycles. The number of fused-ring (bicyclic) bond motifs is 1. The lowest BCUT2D eigenvalue weighted by atomic mass is 9.95. The van der Waals surface area contributed by atoms with Crippen LogP contribution in [0.25, 0.3) is 5.65 Å². The van der Waals surface area contributed by atoms with Crippen molar-refractivity contribution in [2.75, 3.05) is 23.8 Å². The minimum Gasteiger partial charge on any atom is -0.376 e. The van der Waals surface area contributed by atoms with Gasteiger partial charge in [-0.25, -0.2) is 9.97 Å². The zero-order valence-electron chi connectivity index (χ0n) is 12.2. The molecule has 6 heteroatoms. The number of aromatic nitrogens is 3. The second-order valence-electron chi connectivity index (χ2n) is 5.47. The van der Waals surface area contributed by atoms with Crippen molar-refractivity contribution in [1.82, 2.24) is 14.4 Å². The van der Waals surface area contributed by atoms with Crippen LogP contribution in [0.4, 0.5) is 11.6 Å². The van der Waals surface area contributed by atoms with Crippen LogP contribution in [-0.4, -0.2) is 39.2 Å². The molecule has 3 heterocycles. The topological polar surface area (TPSA) is 63.5 Å². The third-order valence-corrected chi connectivity index (χ3v) is 4.02. The van der Waals surface area contributed by atoms with Crippen molar-refractivity contribution in [3.63, 3.8) is 0 Å². The second kappa shape index (κ2) is 4.94. The summed E-state index contributed by atoms with van der Waals surface area (Å²) >= 11 is 0. The fourth-order valence-electron chi connectivity index (χ4n) is 2.55. The van der Waals surface area contributed by atoms with Gasteiger partial charge in [-0.2, -0.15) is 0 Å². The lowest BCUT2D eigenvalue weighted by molar-refractivity contribution is 0.105. The van der Waals surface area contributed by atoms with Crippen LogP contribution in [0.5, 0.6) is 0 Å². The first-order valence-electron chi connectivity index (χ1n) is 7.10. The van der Waals surface area contributed by atoms with E-state index < -0.39 is 0 Å². The molecule has 0 spiro atoms. The summed E-state index contributed by atoms with van der Waals surface area (Å²) in [5, 5.41) is 6.78. The number of imidazole rings is 1. The van der Waals surface area contributed by atoms with Crippen molar-refractivity contribution in [2.45, 2.75) is 38.8 Å². The predicted octanol–water partition coefficient (Wildman–Crippen LogP) is 2.14. The maximum Gasteiger partial charge on any atom is 0.180 e. The third-order valence-electron chi connectivity index (χ3n) is 4.02. The largest absolute Gasteiger partial charge is 0.376 e. The molecule has 3 rings (SSSR count). The van der Waals surface area contributed by atoms with Gasteiger partial charge >= 0.3 is 0 Å². The van der Waals surface area contributed by atoms with Gasteiger partial charge in [-0.05, 0) is 27.2 Å². The Kier molecular flexibility index (Phi) is 3.25. The average molecular weight is 275 g/mol. The first-order valence-corrected chi connectivity index (χ1v) is 7.10. The van der Waals surface area contributed by atoms with Gasteiger partial charge in [0.15, 0.2) is 11.5 Å². The Labute approximate surface area is 118 Å². The monoisotopic (exact) mass is 275 g/mol. The standard InChI is InChI=1S/C14H21N5O/c1-4-15-11-9-19-7-6-16-13(19)12(17-11)18-14(3)5-8-20-10(14)2/h6-7,9-10,15H,4-5,8H2,1-3H3,(H,17,18). The Morgan fingerprint density at radius 3 is 3.10 bits per heavy atom. The van der Waals surface area contributed by atoms with Gasteiger partial charge in [0.1, 0.15) is 5.82 Å². The molecule has 0 bridgehead atoms. The van der Waals surface area contributed by atoms with Crippen molar-refractivity contribution in [3.8, 4) is 0 Å². The summed E-state index contributed by atoms with van der Waals surface area (Å²) in [7, 11) is 0. The number of hydrogen-bond acceptors (Lipinski definition) is 5. The molecule has 0 amide bonds. The average Bonchev–Trinajstić information content (AvgIpc) is 2.98. The summed E-state index contributed by atoms with van der Waals surface area (Å²) in [6.45, 7) is 7.94. The van der Waals surface area contributed by atoms with E-state index in [-0.39, 0.29) is 11.6 Å². The molecule has 1 fully saturated rings. The highest BCUT2D eigenvalue weighted by Crippen LogP contribution is 2.30. The van der Waals surface area contributed by atoms with Gasteiger partial charge in [0, 0.05) is 25.5 Å². The number of hydrogen-bond donors (Lipinski definition) is 2. The van der Waals surface area contributed by atoms with Gasteiger partial charge in [-0.15, -0.1) is 0 Å². The molecular weight excluding hydrogens is 254 g/mol. The summed E-state index contributed by atoms with van der Waals surface area (Å²) in [5.41, 5.74) is 0.733. The molecule has 0 aliphatic carbocycles. The molecular formula is C14H21N5O. The molecule has 0 radical (unpaired) electrons. The predicted molar refractivity (Wildman–Crippen MR) is 79.2 cm³/mol. The van der Waals surface area contributed by atoms with Gasteiger partial charge in [0.25, 0.3) is 0 Å². The Balaban J connectivity index is 1.99. The third kappa shape index (κ3) is 2.20. The van der Waals surface area contributed by atoms with Crippen molar-refractivity contribution < 1.29 is 4.74 Å². The van der Waals surface area contributed by atoms with Crippen LogP contribution in [0.1, 0.15) is 27.2 Å². The van der Waals surface area contributed by atoms with Crippen molar-refractivity contribution in [3.05, 3.63) is 18.6 Å². The summed E-state index contributed by atoms with van der Waals surface area (Å²) < 4.78 is 7.66. The van der Waals surface area contributed by atoms with E-state index in [4.69, 9.17) is 4.74 Å². The fraction of sp³-hybridized carbons (Fsp3) is 0.571. The Morgan fingerprint density at radius 2 is 2.40 bits per heavy atom. The van der Waals surface area contributed by atoms with E-state index in [2.05, 4.69) is 41.4 Å². The first-order chi connectivity index (χ1) is 9.62. The van der Waals surface area contributed by atoms with E-state index in [0.717, 1.165) is 36.9 Å². The number of rotatable bonds is 4. The van der Waals surface area contributed by atoms with Gasteiger partial charge < -0.3 is 19.8 Å². The number of nitrogens with one attached hydrogen (secondary N) is 2. The van der Waals surface area contributed by atoms with Crippen molar-refractivity contribution in [1.29, 1.82) is 0 Å². The summed E-state index contributed by atoms with van der Waals surface area (Å²) in [6.07, 6.45) is 6.79. The first kappa shape index (κ1) is 13.2. The highest BCUT2D eigenvalue weighted by Gasteiger charge is 2.37. The number of anilines is 2. The molecule has 0 saturated carbocycles. The van der Waals surface area contributed by atoms with Crippen LogP contribution in [0.3, 0.4) is 0 Å². The molecule has 1 saturated heterocycles. The molecule has 2 atom stereocenters. The second-order valence-corrected chi connectivity index (χ2v) is 5.47. The van der Waals surface area contributed by atoms with E-state index in [0.29, 0.717) is 0 Å². The lowest BCUT2D eigenvalue weighted by Gasteiger charge is -2.29. The van der Waals surface area contributed by atoms with E-state index in [1.54, 1.807) is 6.20 Å². The molecule has 2 N–H and O–H groups in total. The molecule has 108 valence electrons. The van der Waals surface area contributed by atoms with Crippen LogP contribution in [-0.2, 0) is 4.74 Å². The normalized spacial score (nSPS) is 26.1. The minimum absolute atomic E-state index is 0.107. The van der Waals surface area contributed by atoms with Crippen LogP contribution in [0.2, 0.25) is 0 Å². The van der Waals surface area contributed by atoms with Gasteiger partial charge in [-0.3, -0.25) is 0 Å².